The van der Waals surface area contributed by atoms with Gasteiger partial charge in [-0.1, -0.05) is 26.8 Å². The van der Waals surface area contributed by atoms with Gasteiger partial charge in [-0.05, 0) is 24.6 Å². The summed E-state index contributed by atoms with van der Waals surface area (Å²) in [5, 5.41) is 6.21. The molecule has 0 amide bonds. The van der Waals surface area contributed by atoms with Crippen LogP contribution in [0, 0.1) is 11.6 Å². The molecule has 5 nitrogen and oxygen atoms in total. The number of oxazole rings is 1. The van der Waals surface area contributed by atoms with Crippen LogP contribution in [0.5, 0.6) is 0 Å². The maximum atomic E-state index is 13.4. The van der Waals surface area contributed by atoms with Gasteiger partial charge < -0.3 is 15.1 Å². The highest BCUT2D eigenvalue weighted by atomic mass is 127. The number of halogens is 3. The van der Waals surface area contributed by atoms with Gasteiger partial charge in [0, 0.05) is 12.5 Å². The first-order chi connectivity index (χ1) is 11.7. The molecule has 0 saturated carbocycles. The minimum absolute atomic E-state index is 0. The summed E-state index contributed by atoms with van der Waals surface area (Å²) in [7, 11) is 1.63. The molecule has 0 saturated heterocycles. The van der Waals surface area contributed by atoms with E-state index in [2.05, 4.69) is 41.4 Å². The zero-order chi connectivity index (χ0) is 18.6. The van der Waals surface area contributed by atoms with Crippen LogP contribution in [0.2, 0.25) is 0 Å². The molecule has 1 aromatic heterocycles. The molecule has 0 spiro atoms. The molecule has 0 aliphatic rings. The zero-order valence-electron chi connectivity index (χ0n) is 15.6. The molecule has 0 radical (unpaired) electrons. The van der Waals surface area contributed by atoms with Gasteiger partial charge in [-0.2, -0.15) is 0 Å². The Balaban J connectivity index is 0.00000338. The monoisotopic (exact) mass is 478 g/mol. The molecule has 2 aromatic rings. The molecule has 0 aliphatic carbocycles. The SMILES string of the molecule is CN=C(NCc1ncc(C(C)(C)C)o1)NC(C)c1ccc(F)c(F)c1.I. The molecule has 1 unspecified atom stereocenters. The largest absolute Gasteiger partial charge is 0.443 e. The lowest BCUT2D eigenvalue weighted by molar-refractivity contribution is 0.379. The number of benzene rings is 1. The van der Waals surface area contributed by atoms with E-state index in [9.17, 15) is 8.78 Å². The number of aliphatic imine (C=N–C) groups is 1. The Morgan fingerprint density at radius 3 is 2.50 bits per heavy atom. The molecule has 144 valence electrons. The van der Waals surface area contributed by atoms with Crippen molar-refractivity contribution in [2.45, 2.75) is 45.7 Å². The van der Waals surface area contributed by atoms with Crippen molar-refractivity contribution in [1.82, 2.24) is 15.6 Å². The summed E-state index contributed by atoms with van der Waals surface area (Å²) in [4.78, 5) is 8.37. The van der Waals surface area contributed by atoms with Crippen molar-refractivity contribution in [3.8, 4) is 0 Å². The molecule has 0 fully saturated rings. The quantitative estimate of drug-likeness (QED) is 0.391. The Morgan fingerprint density at radius 1 is 1.27 bits per heavy atom. The smallest absolute Gasteiger partial charge is 0.213 e. The van der Waals surface area contributed by atoms with E-state index in [-0.39, 0.29) is 35.4 Å². The van der Waals surface area contributed by atoms with E-state index >= 15 is 0 Å². The first-order valence-electron chi connectivity index (χ1n) is 8.08. The van der Waals surface area contributed by atoms with Gasteiger partial charge in [-0.15, -0.1) is 24.0 Å². The highest BCUT2D eigenvalue weighted by Crippen LogP contribution is 2.22. The number of aromatic nitrogens is 1. The summed E-state index contributed by atoms with van der Waals surface area (Å²) in [6.07, 6.45) is 1.72. The predicted molar refractivity (Wildman–Crippen MR) is 109 cm³/mol. The fraction of sp³-hybridized carbons (Fsp3) is 0.444. The van der Waals surface area contributed by atoms with Crippen molar-refractivity contribution >= 4 is 29.9 Å². The van der Waals surface area contributed by atoms with E-state index in [1.807, 2.05) is 6.92 Å². The van der Waals surface area contributed by atoms with E-state index in [0.717, 1.165) is 11.8 Å². The lowest BCUT2D eigenvalue weighted by Crippen LogP contribution is -2.38. The van der Waals surface area contributed by atoms with Crippen molar-refractivity contribution in [1.29, 1.82) is 0 Å². The van der Waals surface area contributed by atoms with Crippen LogP contribution in [0.15, 0.2) is 33.8 Å². The second kappa shape index (κ2) is 9.29. The average molecular weight is 478 g/mol. The van der Waals surface area contributed by atoms with Crippen molar-refractivity contribution in [3.05, 3.63) is 53.2 Å². The van der Waals surface area contributed by atoms with Gasteiger partial charge in [0.05, 0.1) is 18.8 Å². The van der Waals surface area contributed by atoms with Crippen molar-refractivity contribution in [3.63, 3.8) is 0 Å². The lowest BCUT2D eigenvalue weighted by atomic mass is 9.94. The summed E-state index contributed by atoms with van der Waals surface area (Å²) in [6.45, 7) is 8.35. The van der Waals surface area contributed by atoms with Gasteiger partial charge in [0.2, 0.25) is 5.89 Å². The second-order valence-corrected chi connectivity index (χ2v) is 6.83. The minimum Gasteiger partial charge on any atom is -0.443 e. The minimum atomic E-state index is -0.872. The van der Waals surface area contributed by atoms with E-state index in [1.165, 1.54) is 12.1 Å². The first-order valence-corrected chi connectivity index (χ1v) is 8.08. The number of guanidine groups is 1. The Kier molecular flexibility index (Phi) is 7.98. The van der Waals surface area contributed by atoms with E-state index in [4.69, 9.17) is 4.42 Å². The maximum Gasteiger partial charge on any atom is 0.213 e. The Labute approximate surface area is 169 Å². The van der Waals surface area contributed by atoms with Crippen LogP contribution in [0.4, 0.5) is 8.78 Å². The summed E-state index contributed by atoms with van der Waals surface area (Å²) >= 11 is 0. The number of hydrogen-bond acceptors (Lipinski definition) is 3. The third-order valence-corrected chi connectivity index (χ3v) is 3.72. The predicted octanol–water partition coefficient (Wildman–Crippen LogP) is 4.29. The van der Waals surface area contributed by atoms with Gasteiger partial charge in [-0.25, -0.2) is 13.8 Å². The van der Waals surface area contributed by atoms with Crippen LogP contribution >= 0.6 is 24.0 Å². The molecule has 1 heterocycles. The van der Waals surface area contributed by atoms with Gasteiger partial charge >= 0.3 is 0 Å². The molecule has 0 bridgehead atoms. The lowest BCUT2D eigenvalue weighted by Gasteiger charge is -2.18. The summed E-state index contributed by atoms with van der Waals surface area (Å²) in [5.41, 5.74) is 0.514. The van der Waals surface area contributed by atoms with Crippen molar-refractivity contribution < 1.29 is 13.2 Å². The van der Waals surface area contributed by atoms with Crippen LogP contribution in [0.25, 0.3) is 0 Å². The molecule has 1 atom stereocenters. The molecule has 1 aromatic carbocycles. The van der Waals surface area contributed by atoms with Crippen LogP contribution in [-0.4, -0.2) is 18.0 Å². The van der Waals surface area contributed by atoms with Crippen LogP contribution < -0.4 is 10.6 Å². The molecule has 0 aliphatic heterocycles. The van der Waals surface area contributed by atoms with Gasteiger partial charge in [0.25, 0.3) is 0 Å². The van der Waals surface area contributed by atoms with Crippen molar-refractivity contribution in [2.24, 2.45) is 4.99 Å². The molecule has 2 rings (SSSR count). The summed E-state index contributed by atoms with van der Waals surface area (Å²) in [5.74, 6) is 0.129. The molecular weight excluding hydrogens is 453 g/mol. The normalized spacial score (nSPS) is 13.1. The third kappa shape index (κ3) is 5.93. The topological polar surface area (TPSA) is 62.5 Å². The average Bonchev–Trinajstić information content (AvgIpc) is 3.03. The Bertz CT molecular complexity index is 756. The highest BCUT2D eigenvalue weighted by molar-refractivity contribution is 14.0. The van der Waals surface area contributed by atoms with E-state index in [1.54, 1.807) is 13.2 Å². The first kappa shape index (κ1) is 22.3. The standard InChI is InChI=1S/C18H24F2N4O.HI/c1-11(12-6-7-13(19)14(20)8-12)24-17(21-5)23-10-16-22-9-15(25-16)18(2,3)4;/h6-9,11H,10H2,1-5H3,(H2,21,23,24);1H. The molecule has 2 N–H and O–H groups in total. The zero-order valence-corrected chi connectivity index (χ0v) is 17.9. The number of hydrogen-bond donors (Lipinski definition) is 2. The Morgan fingerprint density at radius 2 is 1.96 bits per heavy atom. The second-order valence-electron chi connectivity index (χ2n) is 6.83. The fourth-order valence-corrected chi connectivity index (χ4v) is 2.16. The summed E-state index contributed by atoms with van der Waals surface area (Å²) in [6, 6.07) is 3.56. The molecule has 8 heteroatoms. The van der Waals surface area contributed by atoms with Crippen LogP contribution in [-0.2, 0) is 12.0 Å². The number of nitrogens with one attached hydrogen (secondary N) is 2. The Hall–Kier alpha value is -1.71. The number of rotatable bonds is 4. The summed E-state index contributed by atoms with van der Waals surface area (Å²) < 4.78 is 32.1. The van der Waals surface area contributed by atoms with Gasteiger partial charge in [-0.3, -0.25) is 4.99 Å². The number of nitrogens with zero attached hydrogens (tertiary/aromatic N) is 2. The van der Waals surface area contributed by atoms with Gasteiger partial charge in [0.1, 0.15) is 5.76 Å². The van der Waals surface area contributed by atoms with Gasteiger partial charge in [0.15, 0.2) is 17.6 Å². The van der Waals surface area contributed by atoms with Crippen LogP contribution in [0.1, 0.15) is 51.0 Å². The van der Waals surface area contributed by atoms with Crippen LogP contribution in [0.3, 0.4) is 0 Å². The third-order valence-electron chi connectivity index (χ3n) is 3.72. The highest BCUT2D eigenvalue weighted by Gasteiger charge is 2.19. The maximum absolute atomic E-state index is 13.4. The molecular formula is C18H25F2IN4O. The fourth-order valence-electron chi connectivity index (χ4n) is 2.16. The molecule has 26 heavy (non-hydrogen) atoms. The van der Waals surface area contributed by atoms with E-state index < -0.39 is 11.6 Å². The van der Waals surface area contributed by atoms with Crippen molar-refractivity contribution in [2.75, 3.05) is 7.05 Å². The van der Waals surface area contributed by atoms with E-state index in [0.29, 0.717) is 24.0 Å².